The first-order valence-corrected chi connectivity index (χ1v) is 11.5. The van der Waals surface area contributed by atoms with Crippen molar-refractivity contribution < 1.29 is 19.1 Å². The van der Waals surface area contributed by atoms with Gasteiger partial charge in [-0.3, -0.25) is 19.4 Å². The highest BCUT2D eigenvalue weighted by molar-refractivity contribution is 5.86. The largest absolute Gasteiger partial charge is 0.444 e. The van der Waals surface area contributed by atoms with Crippen LogP contribution in [0.2, 0.25) is 0 Å². The monoisotopic (exact) mass is 422 g/mol. The van der Waals surface area contributed by atoms with E-state index in [-0.39, 0.29) is 11.8 Å². The molecule has 0 spiro atoms. The molecule has 0 aromatic rings. The maximum absolute atomic E-state index is 13.1. The van der Waals surface area contributed by atoms with Gasteiger partial charge in [-0.25, -0.2) is 4.79 Å². The zero-order chi connectivity index (χ0) is 21.9. The number of rotatable bonds is 3. The molecule has 3 rings (SSSR count). The molecule has 0 aromatic carbocycles. The molecule has 3 aliphatic rings. The Kier molecular flexibility index (Phi) is 7.26. The van der Waals surface area contributed by atoms with E-state index in [1.54, 1.807) is 4.90 Å². The maximum Gasteiger partial charge on any atom is 0.410 e. The minimum Gasteiger partial charge on any atom is -0.444 e. The van der Waals surface area contributed by atoms with E-state index in [9.17, 15) is 14.4 Å². The van der Waals surface area contributed by atoms with Crippen molar-refractivity contribution in [3.63, 3.8) is 0 Å². The van der Waals surface area contributed by atoms with Gasteiger partial charge in [-0.15, -0.1) is 0 Å². The Morgan fingerprint density at radius 2 is 1.53 bits per heavy atom. The highest BCUT2D eigenvalue weighted by Gasteiger charge is 2.39. The summed E-state index contributed by atoms with van der Waals surface area (Å²) in [5, 5.41) is 0. The third-order valence-electron chi connectivity index (χ3n) is 6.33. The molecule has 8 nitrogen and oxygen atoms in total. The molecule has 170 valence electrons. The van der Waals surface area contributed by atoms with Crippen molar-refractivity contribution in [1.82, 2.24) is 19.6 Å². The molecule has 3 heterocycles. The van der Waals surface area contributed by atoms with Crippen LogP contribution < -0.4 is 0 Å². The number of ether oxygens (including phenoxy) is 1. The quantitative estimate of drug-likeness (QED) is 0.695. The lowest BCUT2D eigenvalue weighted by Gasteiger charge is -2.39. The van der Waals surface area contributed by atoms with E-state index in [1.165, 1.54) is 6.42 Å². The van der Waals surface area contributed by atoms with Gasteiger partial charge in [0.15, 0.2) is 0 Å². The standard InChI is InChI=1S/C22H38N4O4/c1-17-8-5-6-10-25(17)19(27)16-23-12-14-24(15-13-23)20(28)18-9-7-11-26(18)21(29)30-22(2,3)4/h17-18H,5-16H2,1-4H3. The topological polar surface area (TPSA) is 73.4 Å². The van der Waals surface area contributed by atoms with Crippen LogP contribution in [0.4, 0.5) is 4.79 Å². The Morgan fingerprint density at radius 3 is 2.17 bits per heavy atom. The third kappa shape index (κ3) is 5.65. The van der Waals surface area contributed by atoms with Crippen molar-refractivity contribution >= 4 is 17.9 Å². The fourth-order valence-corrected chi connectivity index (χ4v) is 4.65. The van der Waals surface area contributed by atoms with E-state index >= 15 is 0 Å². The van der Waals surface area contributed by atoms with Gasteiger partial charge in [0.1, 0.15) is 11.6 Å². The summed E-state index contributed by atoms with van der Waals surface area (Å²) < 4.78 is 5.48. The van der Waals surface area contributed by atoms with Gasteiger partial charge in [0.05, 0.1) is 6.54 Å². The van der Waals surface area contributed by atoms with E-state index in [4.69, 9.17) is 4.74 Å². The molecule has 0 aliphatic carbocycles. The fourth-order valence-electron chi connectivity index (χ4n) is 4.65. The van der Waals surface area contributed by atoms with E-state index in [0.717, 1.165) is 25.8 Å². The number of carbonyl (C=O) groups is 3. The number of likely N-dealkylation sites (tertiary alicyclic amines) is 2. The summed E-state index contributed by atoms with van der Waals surface area (Å²) in [4.78, 5) is 45.8. The second-order valence-electron chi connectivity index (χ2n) is 9.87. The number of amides is 3. The molecule has 3 fully saturated rings. The van der Waals surface area contributed by atoms with E-state index in [1.807, 2.05) is 30.6 Å². The Hall–Kier alpha value is -1.83. The lowest BCUT2D eigenvalue weighted by Crippen LogP contribution is -2.56. The predicted octanol–water partition coefficient (Wildman–Crippen LogP) is 1.93. The normalized spacial score (nSPS) is 26.1. The second-order valence-corrected chi connectivity index (χ2v) is 9.87. The smallest absolute Gasteiger partial charge is 0.410 e. The number of carbonyl (C=O) groups excluding carboxylic acids is 3. The molecular formula is C22H38N4O4. The van der Waals surface area contributed by atoms with Crippen LogP contribution in [0.3, 0.4) is 0 Å². The van der Waals surface area contributed by atoms with Crippen molar-refractivity contribution in [1.29, 1.82) is 0 Å². The van der Waals surface area contributed by atoms with Crippen LogP contribution in [-0.2, 0) is 14.3 Å². The first kappa shape index (κ1) is 22.8. The summed E-state index contributed by atoms with van der Waals surface area (Å²) in [6.45, 7) is 12.1. The van der Waals surface area contributed by atoms with Crippen LogP contribution in [-0.4, -0.2) is 101 Å². The molecule has 2 atom stereocenters. The van der Waals surface area contributed by atoms with Gasteiger partial charge >= 0.3 is 6.09 Å². The summed E-state index contributed by atoms with van der Waals surface area (Å²) in [5.74, 6) is 0.211. The van der Waals surface area contributed by atoms with Crippen molar-refractivity contribution in [2.75, 3.05) is 45.8 Å². The maximum atomic E-state index is 13.1. The zero-order valence-electron chi connectivity index (χ0n) is 19.1. The molecule has 0 radical (unpaired) electrons. The number of hydrogen-bond donors (Lipinski definition) is 0. The summed E-state index contributed by atoms with van der Waals surface area (Å²) in [5.41, 5.74) is -0.572. The molecule has 8 heteroatoms. The predicted molar refractivity (Wildman–Crippen MR) is 114 cm³/mol. The number of piperazine rings is 1. The Labute approximate surface area is 180 Å². The summed E-state index contributed by atoms with van der Waals surface area (Å²) in [7, 11) is 0. The fraction of sp³-hybridized carbons (Fsp3) is 0.864. The Bertz CT molecular complexity index is 640. The van der Waals surface area contributed by atoms with Gasteiger partial charge < -0.3 is 14.5 Å². The highest BCUT2D eigenvalue weighted by Crippen LogP contribution is 2.23. The number of hydrogen-bond acceptors (Lipinski definition) is 5. The van der Waals surface area contributed by atoms with Crippen molar-refractivity contribution in [2.45, 2.75) is 77.5 Å². The molecule has 3 amide bonds. The van der Waals surface area contributed by atoms with Crippen molar-refractivity contribution in [3.8, 4) is 0 Å². The molecule has 30 heavy (non-hydrogen) atoms. The minimum absolute atomic E-state index is 0.00832. The SMILES string of the molecule is CC1CCCCN1C(=O)CN1CCN(C(=O)C2CCCN2C(=O)OC(C)(C)C)CC1. The zero-order valence-corrected chi connectivity index (χ0v) is 19.1. The minimum atomic E-state index is -0.572. The van der Waals surface area contributed by atoms with E-state index in [2.05, 4.69) is 11.8 Å². The number of piperidine rings is 1. The lowest BCUT2D eigenvalue weighted by molar-refractivity contribution is -0.139. The van der Waals surface area contributed by atoms with Crippen LogP contribution in [0.25, 0.3) is 0 Å². The van der Waals surface area contributed by atoms with E-state index in [0.29, 0.717) is 51.7 Å². The van der Waals surface area contributed by atoms with Gasteiger partial charge in [-0.05, 0) is 59.8 Å². The number of nitrogens with zero attached hydrogens (tertiary/aromatic N) is 4. The molecule has 2 unspecified atom stereocenters. The average molecular weight is 423 g/mol. The average Bonchev–Trinajstić information content (AvgIpc) is 3.17. The molecule has 0 aromatic heterocycles. The first-order valence-electron chi connectivity index (χ1n) is 11.5. The summed E-state index contributed by atoms with van der Waals surface area (Å²) >= 11 is 0. The van der Waals surface area contributed by atoms with Gasteiger partial charge in [0.2, 0.25) is 11.8 Å². The highest BCUT2D eigenvalue weighted by atomic mass is 16.6. The first-order chi connectivity index (χ1) is 14.2. The van der Waals surface area contributed by atoms with Crippen LogP contribution in [0.1, 0.15) is 59.8 Å². The van der Waals surface area contributed by atoms with Crippen molar-refractivity contribution in [2.24, 2.45) is 0 Å². The Balaban J connectivity index is 1.48. The van der Waals surface area contributed by atoms with Gasteiger partial charge in [0, 0.05) is 45.3 Å². The molecule has 0 bridgehead atoms. The van der Waals surface area contributed by atoms with Crippen LogP contribution in [0, 0.1) is 0 Å². The van der Waals surface area contributed by atoms with Gasteiger partial charge in [-0.1, -0.05) is 0 Å². The summed E-state index contributed by atoms with van der Waals surface area (Å²) in [6.07, 6.45) is 4.48. The van der Waals surface area contributed by atoms with Gasteiger partial charge in [0.25, 0.3) is 0 Å². The van der Waals surface area contributed by atoms with Crippen LogP contribution in [0.5, 0.6) is 0 Å². The lowest BCUT2D eigenvalue weighted by atomic mass is 10.0. The van der Waals surface area contributed by atoms with E-state index < -0.39 is 17.7 Å². The molecule has 3 saturated heterocycles. The van der Waals surface area contributed by atoms with Gasteiger partial charge in [-0.2, -0.15) is 0 Å². The molecule has 3 aliphatic heterocycles. The summed E-state index contributed by atoms with van der Waals surface area (Å²) in [6, 6.07) is -0.0995. The second kappa shape index (κ2) is 9.54. The Morgan fingerprint density at radius 1 is 0.867 bits per heavy atom. The third-order valence-corrected chi connectivity index (χ3v) is 6.33. The molecule has 0 N–H and O–H groups in total. The molecule has 0 saturated carbocycles. The van der Waals surface area contributed by atoms with Crippen molar-refractivity contribution in [3.05, 3.63) is 0 Å². The van der Waals surface area contributed by atoms with Crippen LogP contribution in [0.15, 0.2) is 0 Å². The van der Waals surface area contributed by atoms with Crippen LogP contribution >= 0.6 is 0 Å². The molecular weight excluding hydrogens is 384 g/mol.